The Morgan fingerprint density at radius 2 is 1.93 bits per heavy atom. The van der Waals surface area contributed by atoms with E-state index in [1.54, 1.807) is 0 Å². The van der Waals surface area contributed by atoms with Crippen LogP contribution in [0, 0.1) is 0 Å². The topological polar surface area (TPSA) is 65.4 Å². The van der Waals surface area contributed by atoms with Crippen molar-refractivity contribution < 1.29 is 19.7 Å². The summed E-state index contributed by atoms with van der Waals surface area (Å²) >= 11 is 0. The number of fused-ring (bicyclic) bond motifs is 1. The Kier molecular flexibility index (Phi) is 7.14. The molecule has 0 fully saturated rings. The second kappa shape index (κ2) is 9.59. The molecule has 0 amide bonds. The SMILES string of the molecule is CN(C)C[C@@](C)(O)c1ccc2c(c1)CN(Cc1ccc(OCCO)cc1)CCO2. The Morgan fingerprint density at radius 3 is 2.62 bits per heavy atom. The first-order valence-corrected chi connectivity index (χ1v) is 10.1. The van der Waals surface area contributed by atoms with E-state index in [9.17, 15) is 5.11 Å². The van der Waals surface area contributed by atoms with E-state index in [-0.39, 0.29) is 6.61 Å². The second-order valence-corrected chi connectivity index (χ2v) is 8.11. The zero-order valence-electron chi connectivity index (χ0n) is 17.6. The van der Waals surface area contributed by atoms with E-state index in [2.05, 4.69) is 23.1 Å². The predicted octanol–water partition coefficient (Wildman–Crippen LogP) is 2.22. The molecule has 0 aliphatic carbocycles. The number of nitrogens with zero attached hydrogens (tertiary/aromatic N) is 2. The molecule has 1 aliphatic heterocycles. The molecule has 0 aromatic heterocycles. The van der Waals surface area contributed by atoms with Crippen LogP contribution in [0.2, 0.25) is 0 Å². The van der Waals surface area contributed by atoms with Crippen LogP contribution in [-0.2, 0) is 18.7 Å². The second-order valence-electron chi connectivity index (χ2n) is 8.11. The number of ether oxygens (including phenoxy) is 2. The summed E-state index contributed by atoms with van der Waals surface area (Å²) in [6.07, 6.45) is 0. The number of likely N-dealkylation sites (N-methyl/N-ethyl adjacent to an activating group) is 1. The van der Waals surface area contributed by atoms with Gasteiger partial charge in [-0.05, 0) is 56.4 Å². The van der Waals surface area contributed by atoms with Crippen LogP contribution in [0.25, 0.3) is 0 Å². The van der Waals surface area contributed by atoms with E-state index < -0.39 is 5.60 Å². The Balaban J connectivity index is 1.71. The Bertz CT molecular complexity index is 790. The van der Waals surface area contributed by atoms with Gasteiger partial charge in [0.15, 0.2) is 0 Å². The number of hydrogen-bond acceptors (Lipinski definition) is 6. The van der Waals surface area contributed by atoms with Gasteiger partial charge in [-0.2, -0.15) is 0 Å². The lowest BCUT2D eigenvalue weighted by Crippen LogP contribution is -2.34. The number of rotatable bonds is 8. The molecule has 2 aromatic rings. The minimum absolute atomic E-state index is 0.0123. The number of hydrogen-bond donors (Lipinski definition) is 2. The van der Waals surface area contributed by atoms with Crippen molar-refractivity contribution in [3.63, 3.8) is 0 Å². The molecule has 6 nitrogen and oxygen atoms in total. The minimum Gasteiger partial charge on any atom is -0.492 e. The third-order valence-corrected chi connectivity index (χ3v) is 5.06. The van der Waals surface area contributed by atoms with E-state index in [1.807, 2.05) is 50.2 Å². The average Bonchev–Trinajstić information content (AvgIpc) is 2.87. The van der Waals surface area contributed by atoms with Gasteiger partial charge in [-0.15, -0.1) is 0 Å². The highest BCUT2D eigenvalue weighted by Gasteiger charge is 2.26. The summed E-state index contributed by atoms with van der Waals surface area (Å²) in [4.78, 5) is 4.34. The maximum absolute atomic E-state index is 10.9. The first-order chi connectivity index (χ1) is 13.9. The van der Waals surface area contributed by atoms with Gasteiger partial charge >= 0.3 is 0 Å². The fraction of sp³-hybridized carbons (Fsp3) is 0.478. The number of benzene rings is 2. The maximum Gasteiger partial charge on any atom is 0.123 e. The smallest absolute Gasteiger partial charge is 0.123 e. The van der Waals surface area contributed by atoms with Gasteiger partial charge in [-0.1, -0.05) is 18.2 Å². The van der Waals surface area contributed by atoms with Crippen LogP contribution in [-0.4, -0.2) is 67.0 Å². The molecule has 0 saturated carbocycles. The quantitative estimate of drug-likeness (QED) is 0.708. The van der Waals surface area contributed by atoms with E-state index in [1.165, 1.54) is 5.56 Å². The lowest BCUT2D eigenvalue weighted by atomic mass is 9.93. The molecular formula is C23H32N2O4. The standard InChI is InChI=1S/C23H32N2O4/c1-23(27,17-24(2)3)20-6-9-22-19(14-20)16-25(10-12-29-22)15-18-4-7-21(8-5-18)28-13-11-26/h4-9,14,26-27H,10-13,15-17H2,1-3H3/t23-/m1/s1. The van der Waals surface area contributed by atoms with E-state index in [0.29, 0.717) is 19.8 Å². The Hall–Kier alpha value is -2.12. The molecular weight excluding hydrogens is 368 g/mol. The van der Waals surface area contributed by atoms with E-state index in [4.69, 9.17) is 14.6 Å². The number of aliphatic hydroxyl groups excluding tert-OH is 1. The largest absolute Gasteiger partial charge is 0.492 e. The first kappa shape index (κ1) is 21.6. The van der Waals surface area contributed by atoms with Gasteiger partial charge in [0, 0.05) is 31.7 Å². The summed E-state index contributed by atoms with van der Waals surface area (Å²) in [5, 5.41) is 19.7. The third-order valence-electron chi connectivity index (χ3n) is 5.06. The molecule has 0 bridgehead atoms. The summed E-state index contributed by atoms with van der Waals surface area (Å²) in [5.41, 5.74) is 2.28. The highest BCUT2D eigenvalue weighted by molar-refractivity contribution is 5.40. The number of aliphatic hydroxyl groups is 2. The lowest BCUT2D eigenvalue weighted by Gasteiger charge is -2.28. The minimum atomic E-state index is -0.917. The van der Waals surface area contributed by atoms with Crippen molar-refractivity contribution >= 4 is 0 Å². The molecule has 3 rings (SSSR count). The predicted molar refractivity (Wildman–Crippen MR) is 113 cm³/mol. The molecule has 0 unspecified atom stereocenters. The zero-order valence-corrected chi connectivity index (χ0v) is 17.6. The fourth-order valence-electron chi connectivity index (χ4n) is 3.74. The highest BCUT2D eigenvalue weighted by atomic mass is 16.5. The van der Waals surface area contributed by atoms with Gasteiger partial charge in [0.2, 0.25) is 0 Å². The van der Waals surface area contributed by atoms with Gasteiger partial charge in [0.1, 0.15) is 24.7 Å². The van der Waals surface area contributed by atoms with Crippen LogP contribution >= 0.6 is 0 Å². The molecule has 29 heavy (non-hydrogen) atoms. The molecule has 6 heteroatoms. The monoisotopic (exact) mass is 400 g/mol. The molecule has 1 heterocycles. The Labute approximate surface area is 173 Å². The summed E-state index contributed by atoms with van der Waals surface area (Å²) in [6, 6.07) is 14.0. The third kappa shape index (κ3) is 5.93. The van der Waals surface area contributed by atoms with Crippen molar-refractivity contribution in [1.82, 2.24) is 9.80 Å². The van der Waals surface area contributed by atoms with Crippen molar-refractivity contribution in [3.8, 4) is 11.5 Å². The molecule has 1 aliphatic rings. The molecule has 0 radical (unpaired) electrons. The molecule has 1 atom stereocenters. The maximum atomic E-state index is 10.9. The van der Waals surface area contributed by atoms with Gasteiger partial charge in [-0.3, -0.25) is 4.90 Å². The van der Waals surface area contributed by atoms with Crippen LogP contribution in [0.3, 0.4) is 0 Å². The first-order valence-electron chi connectivity index (χ1n) is 10.1. The van der Waals surface area contributed by atoms with Crippen molar-refractivity contribution in [2.75, 3.05) is 47.0 Å². The van der Waals surface area contributed by atoms with Gasteiger partial charge in [-0.25, -0.2) is 0 Å². The lowest BCUT2D eigenvalue weighted by molar-refractivity contribution is 0.0299. The Morgan fingerprint density at radius 1 is 1.17 bits per heavy atom. The van der Waals surface area contributed by atoms with Crippen molar-refractivity contribution in [1.29, 1.82) is 0 Å². The summed E-state index contributed by atoms with van der Waals surface area (Å²) in [7, 11) is 3.92. The van der Waals surface area contributed by atoms with Crippen LogP contribution in [0.15, 0.2) is 42.5 Å². The fourth-order valence-corrected chi connectivity index (χ4v) is 3.74. The van der Waals surface area contributed by atoms with E-state index in [0.717, 1.165) is 42.3 Å². The molecule has 2 aromatic carbocycles. The van der Waals surface area contributed by atoms with E-state index >= 15 is 0 Å². The molecule has 0 saturated heterocycles. The summed E-state index contributed by atoms with van der Waals surface area (Å²) < 4.78 is 11.4. The van der Waals surface area contributed by atoms with Crippen LogP contribution in [0.5, 0.6) is 11.5 Å². The molecule has 2 N–H and O–H groups in total. The van der Waals surface area contributed by atoms with Gasteiger partial charge < -0.3 is 24.6 Å². The van der Waals surface area contributed by atoms with Gasteiger partial charge in [0.25, 0.3) is 0 Å². The van der Waals surface area contributed by atoms with Crippen LogP contribution in [0.4, 0.5) is 0 Å². The summed E-state index contributed by atoms with van der Waals surface area (Å²) in [5.74, 6) is 1.66. The molecule has 0 spiro atoms. The van der Waals surface area contributed by atoms with Crippen LogP contribution in [0.1, 0.15) is 23.6 Å². The van der Waals surface area contributed by atoms with Crippen LogP contribution < -0.4 is 9.47 Å². The van der Waals surface area contributed by atoms with Gasteiger partial charge in [0.05, 0.1) is 12.2 Å². The van der Waals surface area contributed by atoms with Crippen molar-refractivity contribution in [3.05, 3.63) is 59.2 Å². The van der Waals surface area contributed by atoms with Crippen molar-refractivity contribution in [2.45, 2.75) is 25.6 Å². The average molecular weight is 401 g/mol. The highest BCUT2D eigenvalue weighted by Crippen LogP contribution is 2.30. The zero-order chi connectivity index (χ0) is 20.9. The summed E-state index contributed by atoms with van der Waals surface area (Å²) in [6.45, 7) is 5.77. The molecule has 158 valence electrons. The van der Waals surface area contributed by atoms with Crippen molar-refractivity contribution in [2.24, 2.45) is 0 Å². The normalized spacial score (nSPS) is 16.6.